The minimum atomic E-state index is -0.277. The maximum atomic E-state index is 11.8. The number of carbonyl (C=O) groups excluding carboxylic acids is 2. The van der Waals surface area contributed by atoms with Gasteiger partial charge in [0.2, 0.25) is 5.91 Å². The number of hydrogen-bond donors (Lipinski definition) is 1. The summed E-state index contributed by atoms with van der Waals surface area (Å²) < 4.78 is 0.676. The lowest BCUT2D eigenvalue weighted by Gasteiger charge is -2.24. The van der Waals surface area contributed by atoms with Gasteiger partial charge in [0, 0.05) is 24.0 Å². The molecule has 0 bridgehead atoms. The number of amides is 2. The summed E-state index contributed by atoms with van der Waals surface area (Å²) in [5, 5.41) is 2.91. The molecule has 1 N–H and O–H groups in total. The number of piperazine rings is 1. The number of nitrogens with zero attached hydrogens (tertiary/aromatic N) is 1. The summed E-state index contributed by atoms with van der Waals surface area (Å²) in [5.74, 6) is -0.462. The number of nitrogens with one attached hydrogen (secondary N) is 1. The number of thiophene rings is 1. The fourth-order valence-electron chi connectivity index (χ4n) is 1.50. The van der Waals surface area contributed by atoms with Gasteiger partial charge in [-0.15, -0.1) is 11.3 Å². The van der Waals surface area contributed by atoms with Gasteiger partial charge in [0.25, 0.3) is 5.91 Å². The molecule has 0 radical (unpaired) electrons. The van der Waals surface area contributed by atoms with Crippen LogP contribution in [0.2, 0.25) is 4.34 Å². The molecule has 0 atom stereocenters. The molecule has 6 heteroatoms. The molecule has 1 aromatic rings. The summed E-state index contributed by atoms with van der Waals surface area (Å²) in [6, 6.07) is 3.60. The Morgan fingerprint density at radius 3 is 3.00 bits per heavy atom. The lowest BCUT2D eigenvalue weighted by molar-refractivity contribution is -0.142. The Morgan fingerprint density at radius 1 is 1.53 bits per heavy atom. The molecule has 4 nitrogen and oxygen atoms in total. The van der Waals surface area contributed by atoms with E-state index in [-0.39, 0.29) is 18.4 Å². The van der Waals surface area contributed by atoms with E-state index in [1.54, 1.807) is 12.1 Å². The van der Waals surface area contributed by atoms with Crippen LogP contribution in [0.4, 0.5) is 0 Å². The third-order valence-electron chi connectivity index (χ3n) is 2.34. The molecule has 90 valence electrons. The van der Waals surface area contributed by atoms with Crippen molar-refractivity contribution in [1.82, 2.24) is 10.2 Å². The first-order chi connectivity index (χ1) is 8.16. The molecule has 1 saturated heterocycles. The van der Waals surface area contributed by atoms with Crippen molar-refractivity contribution in [1.29, 1.82) is 0 Å². The van der Waals surface area contributed by atoms with Gasteiger partial charge in [-0.05, 0) is 18.2 Å². The number of hydrogen-bond acceptors (Lipinski definition) is 4. The van der Waals surface area contributed by atoms with Crippen LogP contribution in [-0.4, -0.2) is 36.3 Å². The maximum absolute atomic E-state index is 11.8. The van der Waals surface area contributed by atoms with E-state index in [1.165, 1.54) is 22.3 Å². The third kappa shape index (κ3) is 3.15. The summed E-state index contributed by atoms with van der Waals surface area (Å²) in [4.78, 5) is 25.3. The molecule has 1 aromatic heterocycles. The van der Waals surface area contributed by atoms with Crippen LogP contribution in [0.25, 0.3) is 6.08 Å². The van der Waals surface area contributed by atoms with Gasteiger partial charge in [-0.3, -0.25) is 14.5 Å². The minimum Gasteiger partial charge on any atom is -0.307 e. The fourth-order valence-corrected chi connectivity index (χ4v) is 2.46. The minimum absolute atomic E-state index is 0.185. The van der Waals surface area contributed by atoms with Gasteiger partial charge in [-0.1, -0.05) is 11.6 Å². The standard InChI is InChI=1S/C11H11ClN2O2S/c12-9-3-1-8(17-9)2-4-10(15)14-6-5-13-7-11(14)16/h1-4,13H,5-7H2. The zero-order valence-electron chi connectivity index (χ0n) is 8.98. The van der Waals surface area contributed by atoms with Crippen LogP contribution in [-0.2, 0) is 9.59 Å². The normalized spacial score (nSPS) is 16.8. The van der Waals surface area contributed by atoms with E-state index in [0.29, 0.717) is 17.4 Å². The Kier molecular flexibility index (Phi) is 3.93. The first-order valence-corrected chi connectivity index (χ1v) is 6.35. The van der Waals surface area contributed by atoms with Crippen LogP contribution in [0.3, 0.4) is 0 Å². The Balaban J connectivity index is 2.00. The van der Waals surface area contributed by atoms with Crippen molar-refractivity contribution < 1.29 is 9.59 Å². The summed E-state index contributed by atoms with van der Waals surface area (Å²) in [5.41, 5.74) is 0. The molecule has 0 saturated carbocycles. The van der Waals surface area contributed by atoms with Crippen LogP contribution < -0.4 is 5.32 Å². The number of carbonyl (C=O) groups is 2. The van der Waals surface area contributed by atoms with E-state index in [0.717, 1.165) is 4.88 Å². The Hall–Kier alpha value is -1.17. The highest BCUT2D eigenvalue weighted by molar-refractivity contribution is 7.17. The summed E-state index contributed by atoms with van der Waals surface area (Å²) in [7, 11) is 0. The largest absolute Gasteiger partial charge is 0.307 e. The second kappa shape index (κ2) is 5.44. The highest BCUT2D eigenvalue weighted by Crippen LogP contribution is 2.22. The summed E-state index contributed by atoms with van der Waals surface area (Å²) >= 11 is 7.16. The van der Waals surface area contributed by atoms with Crippen LogP contribution in [0.1, 0.15) is 4.88 Å². The van der Waals surface area contributed by atoms with Gasteiger partial charge in [-0.25, -0.2) is 0 Å². The topological polar surface area (TPSA) is 49.4 Å². The molecule has 2 amide bonds. The number of rotatable bonds is 2. The van der Waals surface area contributed by atoms with Crippen molar-refractivity contribution in [3.05, 3.63) is 27.4 Å². The zero-order valence-corrected chi connectivity index (χ0v) is 10.6. The van der Waals surface area contributed by atoms with Crippen LogP contribution in [0.15, 0.2) is 18.2 Å². The average molecular weight is 271 g/mol. The van der Waals surface area contributed by atoms with Gasteiger partial charge >= 0.3 is 0 Å². The molecular weight excluding hydrogens is 260 g/mol. The lowest BCUT2D eigenvalue weighted by atomic mass is 10.3. The molecule has 0 aromatic carbocycles. The molecule has 2 rings (SSSR count). The van der Waals surface area contributed by atoms with Crippen molar-refractivity contribution in [2.75, 3.05) is 19.6 Å². The average Bonchev–Trinajstić information content (AvgIpc) is 2.73. The molecule has 1 aliphatic heterocycles. The smallest absolute Gasteiger partial charge is 0.253 e. The van der Waals surface area contributed by atoms with E-state index >= 15 is 0 Å². The molecule has 2 heterocycles. The van der Waals surface area contributed by atoms with Crippen molar-refractivity contribution in [3.63, 3.8) is 0 Å². The highest BCUT2D eigenvalue weighted by Gasteiger charge is 2.21. The highest BCUT2D eigenvalue weighted by atomic mass is 35.5. The van der Waals surface area contributed by atoms with Crippen LogP contribution in [0, 0.1) is 0 Å². The molecule has 1 fully saturated rings. The molecular formula is C11H11ClN2O2S. The van der Waals surface area contributed by atoms with Crippen LogP contribution in [0.5, 0.6) is 0 Å². The number of halogens is 1. The molecule has 0 unspecified atom stereocenters. The van der Waals surface area contributed by atoms with E-state index in [1.807, 2.05) is 6.07 Å². The quantitative estimate of drug-likeness (QED) is 0.826. The molecule has 0 aliphatic carbocycles. The van der Waals surface area contributed by atoms with Crippen LogP contribution >= 0.6 is 22.9 Å². The van der Waals surface area contributed by atoms with Gasteiger partial charge in [0.15, 0.2) is 0 Å². The monoisotopic (exact) mass is 270 g/mol. The van der Waals surface area contributed by atoms with E-state index in [9.17, 15) is 9.59 Å². The SMILES string of the molecule is O=C(C=Cc1ccc(Cl)s1)N1CCNCC1=O. The lowest BCUT2D eigenvalue weighted by Crippen LogP contribution is -2.50. The van der Waals surface area contributed by atoms with Crippen molar-refractivity contribution in [2.45, 2.75) is 0 Å². The Bertz CT molecular complexity index is 470. The second-order valence-electron chi connectivity index (χ2n) is 3.54. The third-order valence-corrected chi connectivity index (χ3v) is 3.54. The Labute approximate surface area is 108 Å². The molecule has 1 aliphatic rings. The molecule has 0 spiro atoms. The number of imide groups is 1. The maximum Gasteiger partial charge on any atom is 0.253 e. The first-order valence-electron chi connectivity index (χ1n) is 5.15. The van der Waals surface area contributed by atoms with E-state index in [4.69, 9.17) is 11.6 Å². The predicted molar refractivity (Wildman–Crippen MR) is 68.0 cm³/mol. The van der Waals surface area contributed by atoms with E-state index in [2.05, 4.69) is 5.32 Å². The molecule has 17 heavy (non-hydrogen) atoms. The van der Waals surface area contributed by atoms with Gasteiger partial charge in [0.05, 0.1) is 10.9 Å². The first kappa shape index (κ1) is 12.3. The second-order valence-corrected chi connectivity index (χ2v) is 5.28. The van der Waals surface area contributed by atoms with Gasteiger partial charge in [-0.2, -0.15) is 0 Å². The summed E-state index contributed by atoms with van der Waals surface area (Å²) in [6.45, 7) is 1.30. The van der Waals surface area contributed by atoms with Gasteiger partial charge in [0.1, 0.15) is 0 Å². The zero-order chi connectivity index (χ0) is 12.3. The predicted octanol–water partition coefficient (Wildman–Crippen LogP) is 1.37. The van der Waals surface area contributed by atoms with Gasteiger partial charge < -0.3 is 5.32 Å². The van der Waals surface area contributed by atoms with E-state index < -0.39 is 0 Å². The summed E-state index contributed by atoms with van der Waals surface area (Å²) in [6.07, 6.45) is 3.08. The Morgan fingerprint density at radius 2 is 2.35 bits per heavy atom. The van der Waals surface area contributed by atoms with Crippen molar-refractivity contribution in [3.8, 4) is 0 Å². The van der Waals surface area contributed by atoms with Crippen molar-refractivity contribution >= 4 is 40.8 Å². The fraction of sp³-hybridized carbons (Fsp3) is 0.273. The van der Waals surface area contributed by atoms with Crippen molar-refractivity contribution in [2.24, 2.45) is 0 Å².